The third-order valence-electron chi connectivity index (χ3n) is 4.46. The van der Waals surface area contributed by atoms with E-state index in [2.05, 4.69) is 48.2 Å². The Hall–Kier alpha value is -1.78. The fraction of sp³-hybridized carbons (Fsp3) is 0.350. The van der Waals surface area contributed by atoms with E-state index in [9.17, 15) is 4.79 Å². The summed E-state index contributed by atoms with van der Waals surface area (Å²) in [6.45, 7) is 6.86. The zero-order chi connectivity index (χ0) is 16.8. The van der Waals surface area contributed by atoms with Gasteiger partial charge in [-0.3, -0.25) is 4.79 Å². The van der Waals surface area contributed by atoms with Crippen LogP contribution < -0.4 is 0 Å². The molecule has 0 saturated carbocycles. The zero-order valence-electron chi connectivity index (χ0n) is 14.1. The molecule has 1 heterocycles. The summed E-state index contributed by atoms with van der Waals surface area (Å²) in [5, 5.41) is 0. The third kappa shape index (κ3) is 4.40. The van der Waals surface area contributed by atoms with Crippen LogP contribution in [0.5, 0.6) is 0 Å². The molecule has 3 nitrogen and oxygen atoms in total. The number of likely N-dealkylation sites (N-methyl/N-ethyl adjacent to an activating group) is 1. The van der Waals surface area contributed by atoms with Crippen LogP contribution in [0.4, 0.5) is 0 Å². The van der Waals surface area contributed by atoms with Crippen LogP contribution >= 0.6 is 11.8 Å². The SMILES string of the molecule is CCN1CCN(C(=O)c2ccc(CSc3ccccc3)cc2)CC1. The van der Waals surface area contributed by atoms with Gasteiger partial charge < -0.3 is 9.80 Å². The van der Waals surface area contributed by atoms with E-state index >= 15 is 0 Å². The molecule has 1 aliphatic heterocycles. The Morgan fingerprint density at radius 2 is 1.62 bits per heavy atom. The first kappa shape index (κ1) is 17.1. The maximum atomic E-state index is 12.6. The largest absolute Gasteiger partial charge is 0.336 e. The van der Waals surface area contributed by atoms with E-state index < -0.39 is 0 Å². The van der Waals surface area contributed by atoms with Crippen LogP contribution in [0.3, 0.4) is 0 Å². The van der Waals surface area contributed by atoms with Gasteiger partial charge >= 0.3 is 0 Å². The second-order valence-corrected chi connectivity index (χ2v) is 7.07. The van der Waals surface area contributed by atoms with Gasteiger partial charge in [-0.1, -0.05) is 37.3 Å². The smallest absolute Gasteiger partial charge is 0.253 e. The van der Waals surface area contributed by atoms with Crippen molar-refractivity contribution in [2.24, 2.45) is 0 Å². The number of carbonyl (C=O) groups is 1. The van der Waals surface area contributed by atoms with Crippen LogP contribution in [0.15, 0.2) is 59.5 Å². The maximum absolute atomic E-state index is 12.6. The summed E-state index contributed by atoms with van der Waals surface area (Å²) in [6, 6.07) is 18.5. The Labute approximate surface area is 148 Å². The molecule has 2 aromatic rings. The van der Waals surface area contributed by atoms with E-state index in [1.54, 1.807) is 0 Å². The molecule has 0 radical (unpaired) electrons. The van der Waals surface area contributed by atoms with Crippen LogP contribution in [0, 0.1) is 0 Å². The molecule has 0 N–H and O–H groups in total. The molecule has 0 aromatic heterocycles. The molecular formula is C20H24N2OS. The summed E-state index contributed by atoms with van der Waals surface area (Å²) < 4.78 is 0. The number of benzene rings is 2. The zero-order valence-corrected chi connectivity index (χ0v) is 15.0. The van der Waals surface area contributed by atoms with Gasteiger partial charge in [0.2, 0.25) is 0 Å². The number of carbonyl (C=O) groups excluding carboxylic acids is 1. The minimum absolute atomic E-state index is 0.160. The molecule has 3 rings (SSSR count). The van der Waals surface area contributed by atoms with Gasteiger partial charge in [-0.15, -0.1) is 11.8 Å². The van der Waals surface area contributed by atoms with Crippen molar-refractivity contribution in [3.63, 3.8) is 0 Å². The molecule has 0 spiro atoms. The van der Waals surface area contributed by atoms with E-state index in [0.29, 0.717) is 0 Å². The summed E-state index contributed by atoms with van der Waals surface area (Å²) >= 11 is 1.82. The highest BCUT2D eigenvalue weighted by molar-refractivity contribution is 7.98. The number of hydrogen-bond donors (Lipinski definition) is 0. The van der Waals surface area contributed by atoms with Crippen molar-refractivity contribution < 1.29 is 4.79 Å². The van der Waals surface area contributed by atoms with Gasteiger partial charge in [-0.05, 0) is 36.4 Å². The van der Waals surface area contributed by atoms with E-state index in [1.807, 2.05) is 34.9 Å². The summed E-state index contributed by atoms with van der Waals surface area (Å²) in [4.78, 5) is 18.2. The minimum Gasteiger partial charge on any atom is -0.336 e. The second kappa shape index (κ2) is 8.36. The van der Waals surface area contributed by atoms with Gasteiger partial charge in [0.15, 0.2) is 0 Å². The fourth-order valence-electron chi connectivity index (χ4n) is 2.88. The van der Waals surface area contributed by atoms with Gasteiger partial charge in [0.05, 0.1) is 0 Å². The highest BCUT2D eigenvalue weighted by Gasteiger charge is 2.21. The summed E-state index contributed by atoms with van der Waals surface area (Å²) in [7, 11) is 0. The van der Waals surface area contributed by atoms with Crippen molar-refractivity contribution in [2.75, 3.05) is 32.7 Å². The average Bonchev–Trinajstić information content (AvgIpc) is 2.67. The molecule has 4 heteroatoms. The molecule has 0 bridgehead atoms. The van der Waals surface area contributed by atoms with E-state index in [0.717, 1.165) is 44.0 Å². The van der Waals surface area contributed by atoms with Crippen LogP contribution in [0.2, 0.25) is 0 Å². The van der Waals surface area contributed by atoms with E-state index in [1.165, 1.54) is 10.5 Å². The van der Waals surface area contributed by atoms with Crippen molar-refractivity contribution in [1.29, 1.82) is 0 Å². The topological polar surface area (TPSA) is 23.6 Å². The van der Waals surface area contributed by atoms with Crippen LogP contribution in [0.25, 0.3) is 0 Å². The molecule has 0 unspecified atom stereocenters. The Balaban J connectivity index is 1.55. The quantitative estimate of drug-likeness (QED) is 0.775. The number of hydrogen-bond acceptors (Lipinski definition) is 3. The number of rotatable bonds is 5. The van der Waals surface area contributed by atoms with Crippen molar-refractivity contribution in [3.8, 4) is 0 Å². The van der Waals surface area contributed by atoms with E-state index in [4.69, 9.17) is 0 Å². The third-order valence-corrected chi connectivity index (χ3v) is 5.54. The highest BCUT2D eigenvalue weighted by Crippen LogP contribution is 2.22. The highest BCUT2D eigenvalue weighted by atomic mass is 32.2. The lowest BCUT2D eigenvalue weighted by atomic mass is 10.1. The van der Waals surface area contributed by atoms with Gasteiger partial charge in [0.25, 0.3) is 5.91 Å². The van der Waals surface area contributed by atoms with Gasteiger partial charge in [-0.25, -0.2) is 0 Å². The normalized spacial score (nSPS) is 15.5. The van der Waals surface area contributed by atoms with Gasteiger partial charge in [-0.2, -0.15) is 0 Å². The molecule has 126 valence electrons. The predicted octanol–water partition coefficient (Wildman–Crippen LogP) is 3.76. The summed E-state index contributed by atoms with van der Waals surface area (Å²) in [5.74, 6) is 1.08. The van der Waals surface area contributed by atoms with Crippen molar-refractivity contribution in [2.45, 2.75) is 17.6 Å². The lowest BCUT2D eigenvalue weighted by Gasteiger charge is -2.34. The summed E-state index contributed by atoms with van der Waals surface area (Å²) in [5.41, 5.74) is 2.05. The summed E-state index contributed by atoms with van der Waals surface area (Å²) in [6.07, 6.45) is 0. The van der Waals surface area contributed by atoms with Crippen molar-refractivity contribution >= 4 is 17.7 Å². The lowest BCUT2D eigenvalue weighted by molar-refractivity contribution is 0.0643. The molecule has 1 saturated heterocycles. The lowest BCUT2D eigenvalue weighted by Crippen LogP contribution is -2.48. The molecule has 24 heavy (non-hydrogen) atoms. The van der Waals surface area contributed by atoms with Crippen LogP contribution in [-0.4, -0.2) is 48.4 Å². The first-order valence-electron chi connectivity index (χ1n) is 8.54. The Kier molecular flexibility index (Phi) is 5.94. The minimum atomic E-state index is 0.160. The molecule has 0 aliphatic carbocycles. The molecule has 1 fully saturated rings. The number of nitrogens with zero attached hydrogens (tertiary/aromatic N) is 2. The maximum Gasteiger partial charge on any atom is 0.253 e. The molecule has 0 atom stereocenters. The van der Waals surface area contributed by atoms with Crippen molar-refractivity contribution in [3.05, 3.63) is 65.7 Å². The second-order valence-electron chi connectivity index (χ2n) is 6.03. The fourth-order valence-corrected chi connectivity index (χ4v) is 3.75. The van der Waals surface area contributed by atoms with E-state index in [-0.39, 0.29) is 5.91 Å². The molecule has 1 amide bonds. The molecular weight excluding hydrogens is 316 g/mol. The molecule has 1 aliphatic rings. The first-order valence-corrected chi connectivity index (χ1v) is 9.53. The van der Waals surface area contributed by atoms with Gasteiger partial charge in [0.1, 0.15) is 0 Å². The molecule has 2 aromatic carbocycles. The predicted molar refractivity (Wildman–Crippen MR) is 100 cm³/mol. The Morgan fingerprint density at radius 1 is 0.958 bits per heavy atom. The Morgan fingerprint density at radius 3 is 2.25 bits per heavy atom. The van der Waals surface area contributed by atoms with Crippen LogP contribution in [0.1, 0.15) is 22.8 Å². The monoisotopic (exact) mass is 340 g/mol. The number of amides is 1. The number of piperazine rings is 1. The Bertz CT molecular complexity index is 649. The van der Waals surface area contributed by atoms with Crippen LogP contribution in [-0.2, 0) is 5.75 Å². The average molecular weight is 340 g/mol. The standard InChI is InChI=1S/C20H24N2OS/c1-2-21-12-14-22(15-13-21)20(23)18-10-8-17(9-11-18)16-24-19-6-4-3-5-7-19/h3-11H,2,12-16H2,1H3. The van der Waals surface area contributed by atoms with Crippen molar-refractivity contribution in [1.82, 2.24) is 9.80 Å². The van der Waals surface area contributed by atoms with Gasteiger partial charge in [0, 0.05) is 42.4 Å². The number of thioether (sulfide) groups is 1. The first-order chi connectivity index (χ1) is 11.8.